The zero-order valence-corrected chi connectivity index (χ0v) is 13.3. The SMILES string of the molecule is CCCNC(=O)c1ccc(Nc2ccc(C(C)C)cc2)nn1. The molecule has 1 aromatic carbocycles. The second kappa shape index (κ2) is 7.54. The lowest BCUT2D eigenvalue weighted by Crippen LogP contribution is -2.25. The number of aromatic nitrogens is 2. The van der Waals surface area contributed by atoms with Gasteiger partial charge in [-0.3, -0.25) is 4.79 Å². The van der Waals surface area contributed by atoms with Gasteiger partial charge in [0.15, 0.2) is 11.5 Å². The highest BCUT2D eigenvalue weighted by Crippen LogP contribution is 2.19. The maximum atomic E-state index is 11.7. The molecule has 5 heteroatoms. The minimum Gasteiger partial charge on any atom is -0.351 e. The number of nitrogens with zero attached hydrogens (tertiary/aromatic N) is 2. The average molecular weight is 298 g/mol. The summed E-state index contributed by atoms with van der Waals surface area (Å²) in [4.78, 5) is 11.7. The summed E-state index contributed by atoms with van der Waals surface area (Å²) in [5.41, 5.74) is 2.57. The summed E-state index contributed by atoms with van der Waals surface area (Å²) in [6.45, 7) is 6.97. The van der Waals surface area contributed by atoms with Gasteiger partial charge in [-0.2, -0.15) is 0 Å². The molecule has 0 spiro atoms. The lowest BCUT2D eigenvalue weighted by molar-refractivity contribution is 0.0947. The van der Waals surface area contributed by atoms with Crippen molar-refractivity contribution in [1.29, 1.82) is 0 Å². The largest absolute Gasteiger partial charge is 0.351 e. The summed E-state index contributed by atoms with van der Waals surface area (Å²) < 4.78 is 0. The zero-order valence-electron chi connectivity index (χ0n) is 13.3. The molecule has 0 saturated carbocycles. The summed E-state index contributed by atoms with van der Waals surface area (Å²) in [7, 11) is 0. The van der Waals surface area contributed by atoms with Crippen molar-refractivity contribution in [2.75, 3.05) is 11.9 Å². The van der Waals surface area contributed by atoms with E-state index in [1.165, 1.54) is 5.56 Å². The first-order valence-electron chi connectivity index (χ1n) is 7.59. The van der Waals surface area contributed by atoms with Crippen LogP contribution in [-0.2, 0) is 0 Å². The molecule has 0 fully saturated rings. The molecule has 1 aromatic heterocycles. The first-order chi connectivity index (χ1) is 10.6. The molecule has 2 N–H and O–H groups in total. The van der Waals surface area contributed by atoms with Crippen molar-refractivity contribution in [3.63, 3.8) is 0 Å². The fraction of sp³-hybridized carbons (Fsp3) is 0.353. The van der Waals surface area contributed by atoms with Crippen LogP contribution in [0, 0.1) is 0 Å². The van der Waals surface area contributed by atoms with Crippen LogP contribution in [0.4, 0.5) is 11.5 Å². The molecule has 0 bridgehead atoms. The molecule has 1 heterocycles. The Kier molecular flexibility index (Phi) is 5.47. The molecular formula is C17H22N4O. The molecule has 0 unspecified atom stereocenters. The van der Waals surface area contributed by atoms with Crippen LogP contribution < -0.4 is 10.6 Å². The quantitative estimate of drug-likeness (QED) is 0.856. The monoisotopic (exact) mass is 298 g/mol. The van der Waals surface area contributed by atoms with Gasteiger partial charge in [0.25, 0.3) is 5.91 Å². The van der Waals surface area contributed by atoms with E-state index in [9.17, 15) is 4.79 Å². The maximum absolute atomic E-state index is 11.7. The van der Waals surface area contributed by atoms with Gasteiger partial charge in [-0.25, -0.2) is 0 Å². The number of amides is 1. The Balaban J connectivity index is 2.00. The van der Waals surface area contributed by atoms with Crippen LogP contribution in [0.5, 0.6) is 0 Å². The average Bonchev–Trinajstić information content (AvgIpc) is 2.54. The van der Waals surface area contributed by atoms with Gasteiger partial charge in [0.05, 0.1) is 0 Å². The van der Waals surface area contributed by atoms with Gasteiger partial charge in [0, 0.05) is 12.2 Å². The third-order valence-corrected chi connectivity index (χ3v) is 3.28. The third-order valence-electron chi connectivity index (χ3n) is 3.28. The Hall–Kier alpha value is -2.43. The third kappa shape index (κ3) is 4.28. The van der Waals surface area contributed by atoms with Gasteiger partial charge in [-0.1, -0.05) is 32.9 Å². The smallest absolute Gasteiger partial charge is 0.271 e. The molecule has 1 amide bonds. The molecule has 0 atom stereocenters. The summed E-state index contributed by atoms with van der Waals surface area (Å²) in [6, 6.07) is 11.6. The van der Waals surface area contributed by atoms with Crippen molar-refractivity contribution in [1.82, 2.24) is 15.5 Å². The molecule has 0 aliphatic rings. The van der Waals surface area contributed by atoms with E-state index in [0.717, 1.165) is 12.1 Å². The molecule has 5 nitrogen and oxygen atoms in total. The maximum Gasteiger partial charge on any atom is 0.271 e. The normalized spacial score (nSPS) is 10.5. The zero-order chi connectivity index (χ0) is 15.9. The first-order valence-corrected chi connectivity index (χ1v) is 7.59. The number of benzene rings is 1. The van der Waals surface area contributed by atoms with Gasteiger partial charge in [-0.15, -0.1) is 10.2 Å². The van der Waals surface area contributed by atoms with E-state index < -0.39 is 0 Å². The minimum atomic E-state index is -0.192. The number of hydrogen-bond donors (Lipinski definition) is 2. The van der Waals surface area contributed by atoms with Crippen LogP contribution in [-0.4, -0.2) is 22.6 Å². The second-order valence-electron chi connectivity index (χ2n) is 5.46. The van der Waals surface area contributed by atoms with Crippen LogP contribution in [0.25, 0.3) is 0 Å². The Morgan fingerprint density at radius 2 is 1.82 bits per heavy atom. The Morgan fingerprint density at radius 1 is 1.09 bits per heavy atom. The van der Waals surface area contributed by atoms with E-state index in [1.807, 2.05) is 19.1 Å². The molecule has 0 aliphatic heterocycles. The van der Waals surface area contributed by atoms with Crippen molar-refractivity contribution in [3.05, 3.63) is 47.7 Å². The predicted molar refractivity (Wildman–Crippen MR) is 88.5 cm³/mol. The van der Waals surface area contributed by atoms with Crippen molar-refractivity contribution in [2.24, 2.45) is 0 Å². The Labute approximate surface area is 131 Å². The second-order valence-corrected chi connectivity index (χ2v) is 5.46. The topological polar surface area (TPSA) is 66.9 Å². The molecule has 22 heavy (non-hydrogen) atoms. The van der Waals surface area contributed by atoms with E-state index in [1.54, 1.807) is 12.1 Å². The standard InChI is InChI=1S/C17H22N4O/c1-4-11-18-17(22)15-9-10-16(21-20-15)19-14-7-5-13(6-8-14)12(2)3/h5-10,12H,4,11H2,1-3H3,(H,18,22)(H,19,21). The van der Waals surface area contributed by atoms with E-state index in [4.69, 9.17) is 0 Å². The van der Waals surface area contributed by atoms with Gasteiger partial charge in [-0.05, 0) is 42.2 Å². The van der Waals surface area contributed by atoms with Crippen molar-refractivity contribution in [3.8, 4) is 0 Å². The molecule has 2 aromatic rings. The number of hydrogen-bond acceptors (Lipinski definition) is 4. The number of nitrogens with one attached hydrogen (secondary N) is 2. The highest BCUT2D eigenvalue weighted by atomic mass is 16.1. The summed E-state index contributed by atoms with van der Waals surface area (Å²) in [5.74, 6) is 0.932. The lowest BCUT2D eigenvalue weighted by Gasteiger charge is -2.08. The van der Waals surface area contributed by atoms with Crippen LogP contribution in [0.1, 0.15) is 49.2 Å². The molecule has 0 saturated heterocycles. The summed E-state index contributed by atoms with van der Waals surface area (Å²) in [5, 5.41) is 13.9. The summed E-state index contributed by atoms with van der Waals surface area (Å²) in [6.07, 6.45) is 0.894. The summed E-state index contributed by atoms with van der Waals surface area (Å²) >= 11 is 0. The number of rotatable bonds is 6. The van der Waals surface area contributed by atoms with Gasteiger partial charge < -0.3 is 10.6 Å². The van der Waals surface area contributed by atoms with Gasteiger partial charge in [0.2, 0.25) is 0 Å². The fourth-order valence-corrected chi connectivity index (χ4v) is 1.95. The van der Waals surface area contributed by atoms with Crippen molar-refractivity contribution in [2.45, 2.75) is 33.1 Å². The van der Waals surface area contributed by atoms with Crippen LogP contribution in [0.3, 0.4) is 0 Å². The molecule has 116 valence electrons. The lowest BCUT2D eigenvalue weighted by atomic mass is 10.0. The van der Waals surface area contributed by atoms with Crippen LogP contribution >= 0.6 is 0 Å². The molecule has 0 aliphatic carbocycles. The molecular weight excluding hydrogens is 276 g/mol. The number of carbonyl (C=O) groups is 1. The van der Waals surface area contributed by atoms with E-state index in [0.29, 0.717) is 24.0 Å². The number of anilines is 2. The van der Waals surface area contributed by atoms with Crippen molar-refractivity contribution >= 4 is 17.4 Å². The van der Waals surface area contributed by atoms with Crippen LogP contribution in [0.15, 0.2) is 36.4 Å². The van der Waals surface area contributed by atoms with E-state index in [2.05, 4.69) is 46.8 Å². The Bertz CT molecular complexity index is 606. The van der Waals surface area contributed by atoms with Gasteiger partial charge in [0.1, 0.15) is 0 Å². The van der Waals surface area contributed by atoms with Crippen LogP contribution in [0.2, 0.25) is 0 Å². The Morgan fingerprint density at radius 3 is 2.36 bits per heavy atom. The minimum absolute atomic E-state index is 0.192. The molecule has 0 radical (unpaired) electrons. The van der Waals surface area contributed by atoms with Crippen molar-refractivity contribution < 1.29 is 4.79 Å². The van der Waals surface area contributed by atoms with E-state index in [-0.39, 0.29) is 5.91 Å². The number of carbonyl (C=O) groups excluding carboxylic acids is 1. The first kappa shape index (κ1) is 15.9. The fourth-order valence-electron chi connectivity index (χ4n) is 1.95. The molecule has 2 rings (SSSR count). The highest BCUT2D eigenvalue weighted by molar-refractivity contribution is 5.92. The van der Waals surface area contributed by atoms with E-state index >= 15 is 0 Å². The van der Waals surface area contributed by atoms with Gasteiger partial charge >= 0.3 is 0 Å². The highest BCUT2D eigenvalue weighted by Gasteiger charge is 2.07. The predicted octanol–water partition coefficient (Wildman–Crippen LogP) is 3.48.